The second-order valence-electron chi connectivity index (χ2n) is 6.78. The van der Waals surface area contributed by atoms with E-state index in [4.69, 9.17) is 0 Å². The van der Waals surface area contributed by atoms with Crippen molar-refractivity contribution in [2.24, 2.45) is 0 Å². The van der Waals surface area contributed by atoms with E-state index in [2.05, 4.69) is 91.0 Å². The molecule has 28 heavy (non-hydrogen) atoms. The highest BCUT2D eigenvalue weighted by Gasteiger charge is 2.26. The number of allylic oxidation sites excluding steroid dienone is 2. The molecule has 0 N–H and O–H groups in total. The summed E-state index contributed by atoms with van der Waals surface area (Å²) < 4.78 is 2.69. The van der Waals surface area contributed by atoms with Crippen molar-refractivity contribution in [2.45, 2.75) is 4.90 Å². The summed E-state index contributed by atoms with van der Waals surface area (Å²) in [4.78, 5) is 2.69. The fourth-order valence-electron chi connectivity index (χ4n) is 4.01. The summed E-state index contributed by atoms with van der Waals surface area (Å²) in [6, 6.07) is 26.3. The second kappa shape index (κ2) is 6.66. The molecule has 0 spiro atoms. The molecule has 0 fully saturated rings. The van der Waals surface area contributed by atoms with Gasteiger partial charge < -0.3 is 7.43 Å². The van der Waals surface area contributed by atoms with E-state index in [9.17, 15) is 0 Å². The molecule has 0 amide bonds. The first kappa shape index (κ1) is 17.3. The first-order valence-corrected chi connectivity index (χ1v) is 10.7. The third-order valence-electron chi connectivity index (χ3n) is 5.20. The lowest BCUT2D eigenvalue weighted by Gasteiger charge is -1.96. The molecule has 134 valence electrons. The predicted octanol–water partition coefficient (Wildman–Crippen LogP) is 6.39. The van der Waals surface area contributed by atoms with Crippen molar-refractivity contribution >= 4 is 65.3 Å². The predicted molar refractivity (Wildman–Crippen MR) is 128 cm³/mol. The molecule has 0 unspecified atom stereocenters. The highest BCUT2D eigenvalue weighted by molar-refractivity contribution is 7.80. The van der Waals surface area contributed by atoms with Crippen molar-refractivity contribution in [1.82, 2.24) is 0 Å². The molecule has 0 saturated heterocycles. The second-order valence-corrected chi connectivity index (χ2v) is 8.95. The number of benzene rings is 4. The summed E-state index contributed by atoms with van der Waals surface area (Å²) in [5, 5.41) is 6.79. The number of thiophene rings is 1. The molecule has 1 aromatic heterocycles. The van der Waals surface area contributed by atoms with E-state index in [1.54, 1.807) is 0 Å². The lowest BCUT2D eigenvalue weighted by atomic mass is 10.0. The molecule has 1 aliphatic rings. The lowest BCUT2D eigenvalue weighted by molar-refractivity contribution is 1.56. The van der Waals surface area contributed by atoms with Crippen LogP contribution in [-0.4, -0.2) is 4.86 Å². The maximum atomic E-state index is 2.26. The van der Waals surface area contributed by atoms with E-state index < -0.39 is 0 Å². The molecule has 5 aromatic rings. The van der Waals surface area contributed by atoms with Crippen LogP contribution in [0.2, 0.25) is 0 Å². The average Bonchev–Trinajstić information content (AvgIpc) is 3.25. The summed E-state index contributed by atoms with van der Waals surface area (Å²) >= 11 is 3.75. The fraction of sp³-hybridized carbons (Fsp3) is 0. The summed E-state index contributed by atoms with van der Waals surface area (Å²) in [6.45, 7) is 0. The molecule has 0 radical (unpaired) electrons. The topological polar surface area (TPSA) is 0 Å². The number of hydrogen-bond acceptors (Lipinski definition) is 1. The van der Waals surface area contributed by atoms with Crippen LogP contribution in [0.1, 0.15) is 5.56 Å². The van der Waals surface area contributed by atoms with E-state index >= 15 is 0 Å². The van der Waals surface area contributed by atoms with Crippen molar-refractivity contribution < 1.29 is 0 Å². The maximum absolute atomic E-state index is 2.26. The Morgan fingerprint density at radius 1 is 0.750 bits per heavy atom. The molecule has 4 aromatic carbocycles. The average molecular weight is 395 g/mol. The summed E-state index contributed by atoms with van der Waals surface area (Å²) in [5.74, 6) is 0. The Labute approximate surface area is 172 Å². The van der Waals surface area contributed by atoms with Crippen LogP contribution < -0.4 is 4.53 Å². The van der Waals surface area contributed by atoms with E-state index in [1.165, 1.54) is 51.5 Å². The van der Waals surface area contributed by atoms with E-state index in [1.807, 2.05) is 22.7 Å². The largest absolute Gasteiger partial charge is 0.358 e. The monoisotopic (exact) mass is 394 g/mol. The van der Waals surface area contributed by atoms with Crippen LogP contribution in [0.5, 0.6) is 0 Å². The van der Waals surface area contributed by atoms with Crippen molar-refractivity contribution in [3.63, 3.8) is 0 Å². The van der Waals surface area contributed by atoms with Crippen LogP contribution in [0.4, 0.5) is 0 Å². The van der Waals surface area contributed by atoms with Gasteiger partial charge in [-0.3, -0.25) is 0 Å². The molecule has 0 saturated carbocycles. The minimum Gasteiger partial charge on any atom is -0.358 e. The Bertz CT molecular complexity index is 1450. The van der Waals surface area contributed by atoms with Crippen LogP contribution in [0.3, 0.4) is 0 Å². The van der Waals surface area contributed by atoms with Crippen molar-refractivity contribution in [3.8, 4) is 0 Å². The van der Waals surface area contributed by atoms with Crippen LogP contribution in [0, 0.1) is 7.43 Å². The van der Waals surface area contributed by atoms with Gasteiger partial charge in [0.1, 0.15) is 0 Å². The molecule has 0 atom stereocenters. The lowest BCUT2D eigenvalue weighted by Crippen LogP contribution is -1.94. The maximum Gasteiger partial charge on any atom is 0.240 e. The Hall–Kier alpha value is -2.81. The zero-order chi connectivity index (χ0) is 17.8. The first-order valence-electron chi connectivity index (χ1n) is 9.04. The highest BCUT2D eigenvalue weighted by Crippen LogP contribution is 2.30. The highest BCUT2D eigenvalue weighted by atomic mass is 32.1. The Morgan fingerprint density at radius 3 is 2.32 bits per heavy atom. The van der Waals surface area contributed by atoms with Crippen LogP contribution >= 0.6 is 11.3 Å². The number of rotatable bonds is 2. The third-order valence-corrected chi connectivity index (χ3v) is 7.47. The SMILES string of the molecule is C(=C\C1=[S+]c2cccc3cccc1c23)/C=c1/sc2cccc3cccc1c32.[CH3-]. The third kappa shape index (κ3) is 2.53. The molecule has 6 rings (SSSR count). The van der Waals surface area contributed by atoms with Gasteiger partial charge >= 0.3 is 0 Å². The van der Waals surface area contributed by atoms with Gasteiger partial charge in [-0.15, -0.1) is 11.3 Å². The minimum absolute atomic E-state index is 0. The van der Waals surface area contributed by atoms with Crippen LogP contribution in [0.15, 0.2) is 89.8 Å². The smallest absolute Gasteiger partial charge is 0.240 e. The van der Waals surface area contributed by atoms with Crippen LogP contribution in [0.25, 0.3) is 37.7 Å². The van der Waals surface area contributed by atoms with Gasteiger partial charge in [0.25, 0.3) is 0 Å². The molecule has 2 heterocycles. The summed E-state index contributed by atoms with van der Waals surface area (Å²) in [5.41, 5.74) is 1.35. The summed E-state index contributed by atoms with van der Waals surface area (Å²) in [7, 11) is 0. The van der Waals surface area contributed by atoms with E-state index in [0.717, 1.165) is 0 Å². The van der Waals surface area contributed by atoms with Crippen molar-refractivity contribution in [3.05, 3.63) is 102 Å². The van der Waals surface area contributed by atoms with Crippen LogP contribution in [-0.2, 0) is 11.4 Å². The Kier molecular flexibility index (Phi) is 4.12. The molecule has 0 nitrogen and oxygen atoms in total. The fourth-order valence-corrected chi connectivity index (χ4v) is 6.29. The summed E-state index contributed by atoms with van der Waals surface area (Å²) in [6.07, 6.45) is 6.73. The van der Waals surface area contributed by atoms with Crippen molar-refractivity contribution in [2.75, 3.05) is 0 Å². The zero-order valence-corrected chi connectivity index (χ0v) is 17.1. The standard InChI is InChI=1S/C25H15S2.CH3/c1-6-16-8-3-14-22-24(16)18(10-1)20(26-22)12-5-13-21-19-11-2-7-17-9-4-15-23(27-21)25(17)19;/h1-15H;1H3/q+1;-1. The number of hydrogen-bond donors (Lipinski definition) is 0. The minimum atomic E-state index is 0. The molecule has 0 bridgehead atoms. The van der Waals surface area contributed by atoms with Gasteiger partial charge in [0, 0.05) is 32.1 Å². The van der Waals surface area contributed by atoms with Gasteiger partial charge in [-0.05, 0) is 29.0 Å². The molecule has 2 heteroatoms. The molecular weight excluding hydrogens is 376 g/mol. The van der Waals surface area contributed by atoms with E-state index in [-0.39, 0.29) is 7.43 Å². The van der Waals surface area contributed by atoms with Gasteiger partial charge in [0.05, 0.1) is 10.9 Å². The molecular formula is C26H18S2. The van der Waals surface area contributed by atoms with Gasteiger partial charge in [-0.25, -0.2) is 0 Å². The molecule has 0 aliphatic carbocycles. The zero-order valence-electron chi connectivity index (χ0n) is 15.5. The Morgan fingerprint density at radius 2 is 1.46 bits per heavy atom. The van der Waals surface area contributed by atoms with Gasteiger partial charge in [0.2, 0.25) is 21.1 Å². The van der Waals surface area contributed by atoms with Gasteiger partial charge in [-0.2, -0.15) is 0 Å². The molecule has 1 aliphatic heterocycles. The van der Waals surface area contributed by atoms with E-state index in [0.29, 0.717) is 0 Å². The first-order chi connectivity index (χ1) is 13.4. The quantitative estimate of drug-likeness (QED) is 0.141. The Balaban J connectivity index is 0.00000171. The van der Waals surface area contributed by atoms with Gasteiger partial charge in [-0.1, -0.05) is 60.7 Å². The normalized spacial score (nSPS) is 13.7. The van der Waals surface area contributed by atoms with Crippen molar-refractivity contribution in [1.29, 1.82) is 0 Å². The van der Waals surface area contributed by atoms with Gasteiger partial charge in [0.15, 0.2) is 0 Å².